The number of rotatable bonds is 10. The molecule has 10 rings (SSSR count). The van der Waals surface area contributed by atoms with E-state index in [2.05, 4.69) is 81.3 Å². The lowest BCUT2D eigenvalue weighted by atomic mass is 9.47. The molecule has 9 atom stereocenters. The van der Waals surface area contributed by atoms with E-state index in [-0.39, 0.29) is 24.5 Å². The summed E-state index contributed by atoms with van der Waals surface area (Å²) in [4.78, 5) is 54.0. The summed E-state index contributed by atoms with van der Waals surface area (Å²) in [5, 5.41) is 18.2. The molecule has 1 saturated heterocycles. The lowest BCUT2D eigenvalue weighted by molar-refractivity contribution is -0.216. The first-order chi connectivity index (χ1) is 31.8. The van der Waals surface area contributed by atoms with Crippen LogP contribution >= 0.6 is 0 Å². The fraction of sp³-hybridized carbons (Fsp3) is 0.491. The number of amides is 1. The quantitative estimate of drug-likeness (QED) is 0.126. The number of nitrogens with one attached hydrogen (secondary N) is 2. The lowest BCUT2D eigenvalue weighted by Gasteiger charge is -2.64. The van der Waals surface area contributed by atoms with Crippen LogP contribution in [0.2, 0.25) is 0 Å². The number of anilines is 1. The summed E-state index contributed by atoms with van der Waals surface area (Å²) in [7, 11) is 6.64. The summed E-state index contributed by atoms with van der Waals surface area (Å²) in [6.45, 7) is 9.41. The average molecular weight is 898 g/mol. The standard InChI is InChI=1S/C53H63N5O8/c1-8-33-25-34-28-52(49(61)65-7,44-36(19-23-57(29-33)30-34)35-15-10-12-17-40(35)55-44)39-26-38-41(27-43(39)64-6)56(4)47-51(38)21-24-58-22-14-20-50(9-2,46(51)58)48(66-32(3)59)53(47,62)31-54-45(60)37-16-11-13-18-42(37)63-5/h10-18,20,25-27,34,46-48,55,62H,8-9,19,21-24,28-31H2,1-7H3,(H,54,60)/t34-,46?,47+,48+,50+,51+,52-,53-/m0/s1. The van der Waals surface area contributed by atoms with Gasteiger partial charge in [0.1, 0.15) is 28.6 Å². The van der Waals surface area contributed by atoms with Crippen molar-refractivity contribution >= 4 is 34.4 Å². The van der Waals surface area contributed by atoms with Crippen molar-refractivity contribution in [3.8, 4) is 11.5 Å². The Hall–Kier alpha value is -5.63. The second kappa shape index (κ2) is 16.3. The second-order valence-corrected chi connectivity index (χ2v) is 19.6. The van der Waals surface area contributed by atoms with Crippen molar-refractivity contribution in [3.05, 3.63) is 112 Å². The predicted octanol–water partition coefficient (Wildman–Crippen LogP) is 6.06. The Labute approximate surface area is 387 Å². The second-order valence-electron chi connectivity index (χ2n) is 19.6. The molecule has 1 amide bonds. The Bertz CT molecular complexity index is 2680. The van der Waals surface area contributed by atoms with Gasteiger partial charge in [-0.2, -0.15) is 0 Å². The van der Waals surface area contributed by atoms with E-state index < -0.39 is 45.9 Å². The fourth-order valence-corrected chi connectivity index (χ4v) is 14.2. The normalized spacial score (nSPS) is 31.8. The third-order valence-corrected chi connectivity index (χ3v) is 16.5. The van der Waals surface area contributed by atoms with Crippen LogP contribution in [0.1, 0.15) is 79.2 Å². The van der Waals surface area contributed by atoms with Crippen LogP contribution in [-0.2, 0) is 36.3 Å². The Morgan fingerprint density at radius 1 is 0.955 bits per heavy atom. The molecular weight excluding hydrogens is 835 g/mol. The molecule has 1 spiro atoms. The Balaban J connectivity index is 1.23. The highest BCUT2D eigenvalue weighted by atomic mass is 16.6. The van der Waals surface area contributed by atoms with Crippen LogP contribution in [0.15, 0.2) is 84.5 Å². The van der Waals surface area contributed by atoms with Gasteiger partial charge in [0.2, 0.25) is 0 Å². The van der Waals surface area contributed by atoms with Crippen LogP contribution in [-0.4, -0.2) is 129 Å². The summed E-state index contributed by atoms with van der Waals surface area (Å²) in [6.07, 6.45) is 8.92. The first-order valence-corrected chi connectivity index (χ1v) is 23.6. The van der Waals surface area contributed by atoms with E-state index in [0.717, 1.165) is 72.4 Å². The van der Waals surface area contributed by atoms with Crippen molar-refractivity contribution in [1.29, 1.82) is 0 Å². The van der Waals surface area contributed by atoms with Gasteiger partial charge in [-0.25, -0.2) is 0 Å². The number of carbonyl (C=O) groups excluding carboxylic acids is 3. The van der Waals surface area contributed by atoms with Crippen molar-refractivity contribution in [3.63, 3.8) is 0 Å². The molecule has 13 heteroatoms. The molecule has 6 heterocycles. The highest BCUT2D eigenvalue weighted by Gasteiger charge is 2.78. The Morgan fingerprint density at radius 2 is 1.73 bits per heavy atom. The van der Waals surface area contributed by atoms with Crippen LogP contribution in [0, 0.1) is 11.3 Å². The van der Waals surface area contributed by atoms with E-state index >= 15 is 4.79 Å². The molecule has 13 nitrogen and oxygen atoms in total. The predicted molar refractivity (Wildman–Crippen MR) is 252 cm³/mol. The number of nitrogens with zero attached hydrogens (tertiary/aromatic N) is 3. The molecule has 1 aromatic heterocycles. The van der Waals surface area contributed by atoms with E-state index in [4.69, 9.17) is 18.9 Å². The minimum absolute atomic E-state index is 0.0195. The van der Waals surface area contributed by atoms with Gasteiger partial charge in [0.25, 0.3) is 5.91 Å². The SMILES string of the molecule is CCC1=C[C@@H]2CN(CCc3c([nH]c4ccccc34)[C@@](C(=O)OC)(c3cc4c(cc3OC)N(C)[C@H]3[C@@](O)(CNC(=O)c5ccccc5OC)[C@H](OC(C)=O)[C@]5(CC)C=CCN6CC[C@]43C65)C2)C1. The number of aliphatic hydroxyl groups is 1. The maximum Gasteiger partial charge on any atom is 0.322 e. The molecule has 348 valence electrons. The number of aromatic nitrogens is 1. The van der Waals surface area contributed by atoms with Gasteiger partial charge in [-0.3, -0.25) is 24.2 Å². The zero-order valence-corrected chi connectivity index (χ0v) is 39.2. The average Bonchev–Trinajstić information content (AvgIpc) is 4.00. The van der Waals surface area contributed by atoms with Crippen LogP contribution in [0.25, 0.3) is 10.9 Å². The maximum absolute atomic E-state index is 15.5. The van der Waals surface area contributed by atoms with Crippen LogP contribution < -0.4 is 19.7 Å². The molecule has 5 aliphatic heterocycles. The molecule has 4 aromatic rings. The molecule has 2 fully saturated rings. The van der Waals surface area contributed by atoms with Crippen molar-refractivity contribution in [2.45, 2.75) is 87.5 Å². The summed E-state index contributed by atoms with van der Waals surface area (Å²) in [6, 6.07) is 18.6. The number of hydrogen-bond acceptors (Lipinski definition) is 11. The number of carbonyl (C=O) groups is 3. The van der Waals surface area contributed by atoms with E-state index in [1.807, 2.05) is 19.2 Å². The van der Waals surface area contributed by atoms with Gasteiger partial charge in [0, 0.05) is 90.9 Å². The molecular formula is C53H63N5O8. The summed E-state index contributed by atoms with van der Waals surface area (Å²) in [5.74, 6) is -0.357. The Kier molecular flexibility index (Phi) is 10.9. The zero-order valence-electron chi connectivity index (χ0n) is 39.2. The van der Waals surface area contributed by atoms with Gasteiger partial charge in [0.05, 0.1) is 39.5 Å². The molecule has 2 bridgehead atoms. The summed E-state index contributed by atoms with van der Waals surface area (Å²) in [5.41, 5.74) is 2.24. The molecule has 2 unspecified atom stereocenters. The van der Waals surface area contributed by atoms with Crippen molar-refractivity contribution < 1.29 is 38.4 Å². The number of benzene rings is 3. The first kappa shape index (κ1) is 44.2. The van der Waals surface area contributed by atoms with Crippen LogP contribution in [0.3, 0.4) is 0 Å². The fourth-order valence-electron chi connectivity index (χ4n) is 14.2. The third kappa shape index (κ3) is 6.18. The number of ether oxygens (including phenoxy) is 4. The molecule has 0 radical (unpaired) electrons. The molecule has 3 aromatic carbocycles. The number of hydrogen-bond donors (Lipinski definition) is 3. The van der Waals surface area contributed by atoms with Crippen LogP contribution in [0.5, 0.6) is 11.5 Å². The van der Waals surface area contributed by atoms with Crippen LogP contribution in [0.4, 0.5) is 5.69 Å². The lowest BCUT2D eigenvalue weighted by Crippen LogP contribution is -2.81. The monoisotopic (exact) mass is 897 g/mol. The van der Waals surface area contributed by atoms with Gasteiger partial charge in [-0.1, -0.05) is 68.0 Å². The summed E-state index contributed by atoms with van der Waals surface area (Å²) < 4.78 is 24.5. The van der Waals surface area contributed by atoms with E-state index in [1.54, 1.807) is 31.4 Å². The number of para-hydroxylation sites is 2. The highest BCUT2D eigenvalue weighted by molar-refractivity contribution is 5.97. The van der Waals surface area contributed by atoms with Gasteiger partial charge < -0.3 is 39.3 Å². The number of fused-ring (bicyclic) bond motifs is 6. The number of methoxy groups -OCH3 is 3. The minimum Gasteiger partial charge on any atom is -0.496 e. The van der Waals surface area contributed by atoms with E-state index in [1.165, 1.54) is 26.7 Å². The van der Waals surface area contributed by atoms with E-state index in [9.17, 15) is 14.7 Å². The molecule has 3 N–H and O–H groups in total. The highest BCUT2D eigenvalue weighted by Crippen LogP contribution is 2.68. The van der Waals surface area contributed by atoms with Gasteiger partial charge in [0.15, 0.2) is 0 Å². The molecule has 66 heavy (non-hydrogen) atoms. The molecule has 1 saturated carbocycles. The van der Waals surface area contributed by atoms with E-state index in [0.29, 0.717) is 48.4 Å². The largest absolute Gasteiger partial charge is 0.496 e. The van der Waals surface area contributed by atoms with Gasteiger partial charge in [-0.05, 0) is 80.0 Å². The molecule has 1 aliphatic carbocycles. The van der Waals surface area contributed by atoms with Crippen molar-refractivity contribution in [2.75, 3.05) is 72.5 Å². The maximum atomic E-state index is 15.5. The Morgan fingerprint density at radius 3 is 2.47 bits per heavy atom. The third-order valence-electron chi connectivity index (χ3n) is 16.5. The number of H-pyrrole nitrogens is 1. The minimum atomic E-state index is -1.84. The summed E-state index contributed by atoms with van der Waals surface area (Å²) >= 11 is 0. The smallest absolute Gasteiger partial charge is 0.322 e. The number of aromatic amines is 1. The first-order valence-electron chi connectivity index (χ1n) is 23.6. The number of likely N-dealkylation sites (N-methyl/N-ethyl adjacent to an activating group) is 1. The van der Waals surface area contributed by atoms with Gasteiger partial charge in [-0.15, -0.1) is 0 Å². The van der Waals surface area contributed by atoms with Crippen molar-refractivity contribution in [1.82, 2.24) is 20.1 Å². The van der Waals surface area contributed by atoms with Gasteiger partial charge >= 0.3 is 11.9 Å². The topological polar surface area (TPSA) is 146 Å². The molecule has 6 aliphatic rings. The number of esters is 2. The zero-order chi connectivity index (χ0) is 46.3. The van der Waals surface area contributed by atoms with Crippen molar-refractivity contribution in [2.24, 2.45) is 11.3 Å².